The Morgan fingerprint density at radius 3 is 2.38 bits per heavy atom. The number of aliphatic hydroxyl groups is 4. The van der Waals surface area contributed by atoms with Crippen LogP contribution in [0.15, 0.2) is 48.9 Å². The van der Waals surface area contributed by atoms with Gasteiger partial charge in [0.15, 0.2) is 12.5 Å². The summed E-state index contributed by atoms with van der Waals surface area (Å²) >= 11 is 0. The number of aryl methyl sites for hydroxylation is 1. The summed E-state index contributed by atoms with van der Waals surface area (Å²) in [5, 5.41) is 51.4. The molecule has 278 valence electrons. The molecule has 10 atom stereocenters. The highest BCUT2D eigenvalue weighted by molar-refractivity contribution is 5.90. The van der Waals surface area contributed by atoms with Gasteiger partial charge >= 0.3 is 0 Å². The maximum absolute atomic E-state index is 12.9. The molecule has 3 aliphatic heterocycles. The molecule has 2 saturated heterocycles. The van der Waals surface area contributed by atoms with Gasteiger partial charge in [0.2, 0.25) is 11.8 Å². The molecule has 1 aromatic carbocycles. The van der Waals surface area contributed by atoms with Crippen LogP contribution in [-0.2, 0) is 35.0 Å². The van der Waals surface area contributed by atoms with E-state index in [0.717, 1.165) is 12.8 Å². The van der Waals surface area contributed by atoms with Gasteiger partial charge in [0.05, 0.1) is 0 Å². The van der Waals surface area contributed by atoms with Gasteiger partial charge in [-0.15, -0.1) is 0 Å². The van der Waals surface area contributed by atoms with Gasteiger partial charge in [0, 0.05) is 30.9 Å². The van der Waals surface area contributed by atoms with Gasteiger partial charge < -0.3 is 67.0 Å². The molecule has 2 fully saturated rings. The number of hydrogen-bond acceptors (Lipinski definition) is 13. The van der Waals surface area contributed by atoms with Crippen LogP contribution < -0.4 is 27.4 Å². The minimum atomic E-state index is -1.67. The summed E-state index contributed by atoms with van der Waals surface area (Å²) in [5.74, 6) is -1.57. The molecule has 0 radical (unpaired) electrons. The van der Waals surface area contributed by atoms with Crippen LogP contribution in [-0.4, -0.2) is 117 Å². The largest absolute Gasteiger partial charge is 0.387 e. The number of carbonyl (C=O) groups excluding carboxylic acids is 3. The van der Waals surface area contributed by atoms with E-state index in [-0.39, 0.29) is 37.7 Å². The van der Waals surface area contributed by atoms with Crippen molar-refractivity contribution < 1.29 is 49.0 Å². The van der Waals surface area contributed by atoms with Crippen molar-refractivity contribution in [3.63, 3.8) is 0 Å². The van der Waals surface area contributed by atoms with E-state index < -0.39 is 73.1 Å². The third-order valence-electron chi connectivity index (χ3n) is 9.07. The van der Waals surface area contributed by atoms with E-state index in [1.807, 2.05) is 24.3 Å². The Bertz CT molecular complexity index is 1330. The summed E-state index contributed by atoms with van der Waals surface area (Å²) in [6.45, 7) is 5.87. The van der Waals surface area contributed by atoms with Crippen molar-refractivity contribution >= 4 is 23.4 Å². The second kappa shape index (κ2) is 18.7. The smallest absolute Gasteiger partial charge is 0.250 e. The lowest BCUT2D eigenvalue weighted by Gasteiger charge is -2.35. The number of rotatable bonds is 19. The number of carbonyl (C=O) groups is 3. The Morgan fingerprint density at radius 1 is 1.02 bits per heavy atom. The molecule has 16 heteroatoms. The molecule has 0 bridgehead atoms. The highest BCUT2D eigenvalue weighted by Gasteiger charge is 2.54. The number of nitrogens with two attached hydrogens (primary N) is 2. The number of ether oxygens (including phenoxy) is 3. The third-order valence-corrected chi connectivity index (χ3v) is 9.07. The summed E-state index contributed by atoms with van der Waals surface area (Å²) in [6.07, 6.45) is -3.13. The lowest BCUT2D eigenvalue weighted by Crippen LogP contribution is -2.59. The fourth-order valence-corrected chi connectivity index (χ4v) is 6.23. The maximum Gasteiger partial charge on any atom is 0.250 e. The number of nitrogens with one attached hydrogen (secondary N) is 3. The Hall–Kier alpha value is -3.45. The molecule has 3 amide bonds. The van der Waals surface area contributed by atoms with Gasteiger partial charge in [0.1, 0.15) is 54.6 Å². The zero-order chi connectivity index (χ0) is 36.4. The highest BCUT2D eigenvalue weighted by Crippen LogP contribution is 2.33. The topological polar surface area (TPSA) is 251 Å². The number of unbranched alkanes of at least 4 members (excludes halogenated alkanes) is 4. The molecule has 50 heavy (non-hydrogen) atoms. The van der Waals surface area contributed by atoms with Crippen molar-refractivity contribution in [2.75, 3.05) is 18.4 Å². The third kappa shape index (κ3) is 10.1. The zero-order valence-corrected chi connectivity index (χ0v) is 28.4. The lowest BCUT2D eigenvalue weighted by molar-refractivity contribution is -0.226. The summed E-state index contributed by atoms with van der Waals surface area (Å²) in [4.78, 5) is 38.6. The molecule has 16 nitrogen and oxygen atoms in total. The monoisotopic (exact) mass is 704 g/mol. The van der Waals surface area contributed by atoms with Crippen LogP contribution in [0.2, 0.25) is 0 Å². The fraction of sp³-hybridized carbons (Fsp3) is 0.618. The van der Waals surface area contributed by atoms with E-state index in [1.165, 1.54) is 48.4 Å². The molecule has 3 heterocycles. The molecular formula is C34H52N6O10. The Balaban J connectivity index is 1.39. The summed E-state index contributed by atoms with van der Waals surface area (Å²) < 4.78 is 17.6. The first kappa shape index (κ1) is 39.3. The lowest BCUT2D eigenvalue weighted by atomic mass is 9.98. The van der Waals surface area contributed by atoms with E-state index in [9.17, 15) is 34.8 Å². The average Bonchev–Trinajstić information content (AvgIpc) is 3.53. The van der Waals surface area contributed by atoms with Crippen LogP contribution in [0.3, 0.4) is 0 Å². The number of nitrogens with zero attached hydrogens (tertiary/aromatic N) is 1. The fourth-order valence-electron chi connectivity index (χ4n) is 6.23. The Kier molecular flexibility index (Phi) is 14.7. The second-order valence-corrected chi connectivity index (χ2v) is 12.8. The maximum atomic E-state index is 12.9. The van der Waals surface area contributed by atoms with Crippen molar-refractivity contribution in [2.24, 2.45) is 11.5 Å². The van der Waals surface area contributed by atoms with Crippen molar-refractivity contribution in [3.8, 4) is 0 Å². The molecule has 0 aliphatic carbocycles. The van der Waals surface area contributed by atoms with Crippen molar-refractivity contribution in [1.82, 2.24) is 15.5 Å². The quantitative estimate of drug-likeness (QED) is 0.0787. The van der Waals surface area contributed by atoms with Gasteiger partial charge in [0.25, 0.3) is 5.91 Å². The number of benzene rings is 1. The summed E-state index contributed by atoms with van der Waals surface area (Å²) in [5.41, 5.74) is 13.3. The van der Waals surface area contributed by atoms with Crippen LogP contribution in [0.5, 0.6) is 0 Å². The van der Waals surface area contributed by atoms with Crippen LogP contribution in [0, 0.1) is 0 Å². The Morgan fingerprint density at radius 2 is 1.74 bits per heavy atom. The van der Waals surface area contributed by atoms with E-state index >= 15 is 0 Å². The first-order valence-corrected chi connectivity index (χ1v) is 17.2. The Labute approximate surface area is 291 Å². The van der Waals surface area contributed by atoms with E-state index in [1.54, 1.807) is 0 Å². The van der Waals surface area contributed by atoms with E-state index in [4.69, 9.17) is 25.7 Å². The van der Waals surface area contributed by atoms with Crippen molar-refractivity contribution in [2.45, 2.75) is 120 Å². The van der Waals surface area contributed by atoms with E-state index in [0.29, 0.717) is 5.69 Å². The van der Waals surface area contributed by atoms with E-state index in [2.05, 4.69) is 29.5 Å². The summed E-state index contributed by atoms with van der Waals surface area (Å²) in [7, 11) is 0. The van der Waals surface area contributed by atoms with Gasteiger partial charge in [-0.1, -0.05) is 51.3 Å². The number of primary amides is 1. The number of aliphatic hydroxyl groups excluding tert-OH is 4. The van der Waals surface area contributed by atoms with Gasteiger partial charge in [-0.3, -0.25) is 14.4 Å². The van der Waals surface area contributed by atoms with Gasteiger partial charge in [-0.2, -0.15) is 0 Å². The standard InChI is InChI=1S/C34H52N6O10/c1-3-4-5-6-7-9-20-11-13-21(14-12-20)39-23(41)10-8-16-37-25(32(36)47)30(50-34-29(46)26(43)22(18-35)48-34)31-27(44)28(45)33(49-31)40-17-15-24(42)38-19(40)2/h11-15,17,22,25-31,33-34,37,43-46H,2-10,16,18,35H2,1H3,(H2,36,47)(H,38,42)(H,39,41)/t22-,25+,26-,27-,28?,29-,30+,31+,33-,34?/m1/s1. The minimum Gasteiger partial charge on any atom is -0.387 e. The predicted molar refractivity (Wildman–Crippen MR) is 181 cm³/mol. The minimum absolute atomic E-state index is 0.0620. The second-order valence-electron chi connectivity index (χ2n) is 12.8. The average molecular weight is 705 g/mol. The van der Waals surface area contributed by atoms with Crippen molar-refractivity contribution in [3.05, 3.63) is 54.5 Å². The predicted octanol–water partition coefficient (Wildman–Crippen LogP) is -0.984. The first-order chi connectivity index (χ1) is 23.9. The van der Waals surface area contributed by atoms with Crippen molar-refractivity contribution in [1.29, 1.82) is 0 Å². The molecular weight excluding hydrogens is 652 g/mol. The molecule has 3 aliphatic rings. The number of anilines is 1. The number of hydrogen-bond donors (Lipinski definition) is 9. The highest BCUT2D eigenvalue weighted by atomic mass is 16.7. The van der Waals surface area contributed by atoms with Gasteiger partial charge in [-0.25, -0.2) is 0 Å². The number of amides is 3. The zero-order valence-electron chi connectivity index (χ0n) is 28.4. The molecule has 11 N–H and O–H groups in total. The first-order valence-electron chi connectivity index (χ1n) is 17.2. The molecule has 1 aromatic rings. The molecule has 0 saturated carbocycles. The molecule has 0 aromatic heterocycles. The van der Waals surface area contributed by atoms with Crippen LogP contribution in [0.1, 0.15) is 57.4 Å². The molecule has 2 unspecified atom stereocenters. The summed E-state index contributed by atoms with van der Waals surface area (Å²) in [6, 6.07) is 6.34. The molecule has 4 rings (SSSR count). The van der Waals surface area contributed by atoms with Crippen LogP contribution in [0.4, 0.5) is 5.69 Å². The normalized spacial score (nSPS) is 29.2. The van der Waals surface area contributed by atoms with Crippen LogP contribution >= 0.6 is 0 Å². The molecule has 0 spiro atoms. The SMILES string of the molecule is C=C1NC(=O)C=CN1[C@@H]1O[C@H]([C@@H](OC2O[C@H](CN)[C@@H](O)[C@H]2O)[C@H](NCCCC(=O)Nc2ccc(CCCCCCC)cc2)C(N)=O)[C@H](O)C1O. The van der Waals surface area contributed by atoms with Gasteiger partial charge in [-0.05, 0) is 43.5 Å². The van der Waals surface area contributed by atoms with Crippen LogP contribution in [0.25, 0.3) is 0 Å².